The maximum atomic E-state index is 12.8. The number of amides is 2. The fourth-order valence-corrected chi connectivity index (χ4v) is 2.70. The van der Waals surface area contributed by atoms with E-state index in [1.807, 2.05) is 54.6 Å². The number of nitrogens with zero attached hydrogens (tertiary/aromatic N) is 1. The van der Waals surface area contributed by atoms with Gasteiger partial charge in [-0.25, -0.2) is 0 Å². The summed E-state index contributed by atoms with van der Waals surface area (Å²) in [4.78, 5) is 25.7. The molecule has 0 atom stereocenters. The number of carbonyl (C=O) groups is 2. The van der Waals surface area contributed by atoms with Gasteiger partial charge in [0.15, 0.2) is 0 Å². The fraction of sp³-hybridized carbons (Fsp3) is 0.0909. The summed E-state index contributed by atoms with van der Waals surface area (Å²) >= 11 is 0. The molecule has 0 heterocycles. The van der Waals surface area contributed by atoms with Crippen LogP contribution in [0.15, 0.2) is 78.9 Å². The van der Waals surface area contributed by atoms with Crippen LogP contribution in [0.25, 0.3) is 11.1 Å². The molecule has 3 aromatic rings. The van der Waals surface area contributed by atoms with Crippen molar-refractivity contribution >= 4 is 23.2 Å². The third-order valence-corrected chi connectivity index (χ3v) is 4.24. The van der Waals surface area contributed by atoms with E-state index in [9.17, 15) is 9.59 Å². The summed E-state index contributed by atoms with van der Waals surface area (Å²) in [5, 5.41) is 2.92. The quantitative estimate of drug-likeness (QED) is 0.752. The van der Waals surface area contributed by atoms with Gasteiger partial charge in [0.1, 0.15) is 0 Å². The summed E-state index contributed by atoms with van der Waals surface area (Å²) in [7, 11) is 1.71. The fourth-order valence-electron chi connectivity index (χ4n) is 2.70. The molecule has 3 rings (SSSR count). The van der Waals surface area contributed by atoms with Gasteiger partial charge in [-0.3, -0.25) is 9.59 Å². The second-order valence-corrected chi connectivity index (χ2v) is 5.99. The molecule has 0 bridgehead atoms. The van der Waals surface area contributed by atoms with Crippen LogP contribution >= 0.6 is 0 Å². The van der Waals surface area contributed by atoms with E-state index in [1.165, 1.54) is 6.92 Å². The van der Waals surface area contributed by atoms with Gasteiger partial charge in [0.25, 0.3) is 5.91 Å². The van der Waals surface area contributed by atoms with Crippen molar-refractivity contribution in [3.8, 4) is 11.1 Å². The predicted molar refractivity (Wildman–Crippen MR) is 105 cm³/mol. The molecule has 0 saturated carbocycles. The molecule has 0 aliphatic carbocycles. The van der Waals surface area contributed by atoms with Crippen LogP contribution in [0.3, 0.4) is 0 Å². The first-order valence-corrected chi connectivity index (χ1v) is 8.36. The first kappa shape index (κ1) is 17.4. The van der Waals surface area contributed by atoms with Crippen LogP contribution in [0.5, 0.6) is 0 Å². The smallest absolute Gasteiger partial charge is 0.256 e. The predicted octanol–water partition coefficient (Wildman–Crippen LogP) is 4.59. The zero-order valence-electron chi connectivity index (χ0n) is 14.8. The maximum absolute atomic E-state index is 12.8. The topological polar surface area (TPSA) is 49.4 Å². The van der Waals surface area contributed by atoms with Gasteiger partial charge < -0.3 is 10.2 Å². The largest absolute Gasteiger partial charge is 0.322 e. The molecular weight excluding hydrogens is 324 g/mol. The van der Waals surface area contributed by atoms with Gasteiger partial charge in [-0.2, -0.15) is 0 Å². The molecule has 0 radical (unpaired) electrons. The number of rotatable bonds is 4. The standard InChI is InChI=1S/C22H20N2O2/c1-16(25)24(2)19-14-12-18(13-15-19)23-22(26)21-11-7-6-10-20(21)17-8-4-3-5-9-17/h3-15H,1-2H3,(H,23,26). The van der Waals surface area contributed by atoms with Gasteiger partial charge >= 0.3 is 0 Å². The van der Waals surface area contributed by atoms with Crippen molar-refractivity contribution in [1.82, 2.24) is 0 Å². The average molecular weight is 344 g/mol. The second kappa shape index (κ2) is 7.66. The number of hydrogen-bond acceptors (Lipinski definition) is 2. The number of carbonyl (C=O) groups excluding carboxylic acids is 2. The summed E-state index contributed by atoms with van der Waals surface area (Å²) in [6.07, 6.45) is 0. The Morgan fingerprint density at radius 1 is 0.808 bits per heavy atom. The molecule has 1 N–H and O–H groups in total. The van der Waals surface area contributed by atoms with E-state index in [-0.39, 0.29) is 11.8 Å². The lowest BCUT2D eigenvalue weighted by Crippen LogP contribution is -2.22. The van der Waals surface area contributed by atoms with E-state index in [4.69, 9.17) is 0 Å². The van der Waals surface area contributed by atoms with Crippen molar-refractivity contribution in [2.45, 2.75) is 6.92 Å². The van der Waals surface area contributed by atoms with E-state index in [2.05, 4.69) is 5.32 Å². The van der Waals surface area contributed by atoms with E-state index in [0.717, 1.165) is 16.8 Å². The molecule has 0 unspecified atom stereocenters. The minimum Gasteiger partial charge on any atom is -0.322 e. The first-order chi connectivity index (χ1) is 12.6. The highest BCUT2D eigenvalue weighted by Gasteiger charge is 2.13. The van der Waals surface area contributed by atoms with Gasteiger partial charge in [0.2, 0.25) is 5.91 Å². The Kier molecular flexibility index (Phi) is 5.13. The molecular formula is C22H20N2O2. The minimum absolute atomic E-state index is 0.0430. The van der Waals surface area contributed by atoms with Crippen LogP contribution in [-0.4, -0.2) is 18.9 Å². The Bertz CT molecular complexity index is 918. The molecule has 0 aromatic heterocycles. The molecule has 3 aromatic carbocycles. The lowest BCUT2D eigenvalue weighted by Gasteiger charge is -2.15. The van der Waals surface area contributed by atoms with Crippen molar-refractivity contribution in [2.75, 3.05) is 17.3 Å². The summed E-state index contributed by atoms with van der Waals surface area (Å²) < 4.78 is 0. The van der Waals surface area contributed by atoms with Crippen LogP contribution < -0.4 is 10.2 Å². The van der Waals surface area contributed by atoms with E-state index in [0.29, 0.717) is 11.3 Å². The molecule has 0 aliphatic rings. The highest BCUT2D eigenvalue weighted by molar-refractivity contribution is 6.08. The Balaban J connectivity index is 1.82. The molecule has 4 nitrogen and oxygen atoms in total. The summed E-state index contributed by atoms with van der Waals surface area (Å²) in [5.41, 5.74) is 3.96. The van der Waals surface area contributed by atoms with Gasteiger partial charge in [-0.05, 0) is 41.5 Å². The maximum Gasteiger partial charge on any atom is 0.256 e. The normalized spacial score (nSPS) is 10.2. The second-order valence-electron chi connectivity index (χ2n) is 5.99. The molecule has 0 spiro atoms. The van der Waals surface area contributed by atoms with Crippen LogP contribution in [0, 0.1) is 0 Å². The Labute approximate surface area is 153 Å². The SMILES string of the molecule is CC(=O)N(C)c1ccc(NC(=O)c2ccccc2-c2ccccc2)cc1. The Hall–Kier alpha value is -3.40. The summed E-state index contributed by atoms with van der Waals surface area (Å²) in [6.45, 7) is 1.51. The third kappa shape index (κ3) is 3.81. The third-order valence-electron chi connectivity index (χ3n) is 4.24. The molecule has 2 amide bonds. The molecule has 0 fully saturated rings. The lowest BCUT2D eigenvalue weighted by molar-refractivity contribution is -0.116. The molecule has 0 aliphatic heterocycles. The van der Waals surface area contributed by atoms with Crippen molar-refractivity contribution in [2.24, 2.45) is 0 Å². The van der Waals surface area contributed by atoms with Gasteiger partial charge in [0, 0.05) is 30.9 Å². The van der Waals surface area contributed by atoms with E-state index in [1.54, 1.807) is 36.2 Å². The zero-order valence-corrected chi connectivity index (χ0v) is 14.8. The van der Waals surface area contributed by atoms with Crippen molar-refractivity contribution in [3.05, 3.63) is 84.4 Å². The van der Waals surface area contributed by atoms with Crippen molar-refractivity contribution < 1.29 is 9.59 Å². The van der Waals surface area contributed by atoms with Crippen LogP contribution in [0.4, 0.5) is 11.4 Å². The molecule has 0 saturated heterocycles. The molecule has 4 heteroatoms. The average Bonchev–Trinajstić information content (AvgIpc) is 2.68. The van der Waals surface area contributed by atoms with E-state index < -0.39 is 0 Å². The monoisotopic (exact) mass is 344 g/mol. The van der Waals surface area contributed by atoms with Crippen LogP contribution in [-0.2, 0) is 4.79 Å². The lowest BCUT2D eigenvalue weighted by atomic mass is 9.99. The van der Waals surface area contributed by atoms with Gasteiger partial charge in [0.05, 0.1) is 0 Å². The zero-order chi connectivity index (χ0) is 18.5. The number of nitrogens with one attached hydrogen (secondary N) is 1. The highest BCUT2D eigenvalue weighted by Crippen LogP contribution is 2.25. The van der Waals surface area contributed by atoms with Crippen molar-refractivity contribution in [3.63, 3.8) is 0 Å². The summed E-state index contributed by atoms with van der Waals surface area (Å²) in [5.74, 6) is -0.212. The molecule has 26 heavy (non-hydrogen) atoms. The van der Waals surface area contributed by atoms with Crippen LogP contribution in [0.1, 0.15) is 17.3 Å². The van der Waals surface area contributed by atoms with Crippen LogP contribution in [0.2, 0.25) is 0 Å². The van der Waals surface area contributed by atoms with Gasteiger partial charge in [-0.15, -0.1) is 0 Å². The van der Waals surface area contributed by atoms with Gasteiger partial charge in [-0.1, -0.05) is 48.5 Å². The number of benzene rings is 3. The Morgan fingerprint density at radius 3 is 2.08 bits per heavy atom. The summed E-state index contributed by atoms with van der Waals surface area (Å²) in [6, 6.07) is 24.5. The van der Waals surface area contributed by atoms with Crippen molar-refractivity contribution in [1.29, 1.82) is 0 Å². The molecule has 130 valence electrons. The number of hydrogen-bond donors (Lipinski definition) is 1. The Morgan fingerprint density at radius 2 is 1.42 bits per heavy atom. The number of anilines is 2. The van der Waals surface area contributed by atoms with E-state index >= 15 is 0 Å². The first-order valence-electron chi connectivity index (χ1n) is 8.36. The highest BCUT2D eigenvalue weighted by atomic mass is 16.2. The minimum atomic E-state index is -0.169.